The third-order valence-electron chi connectivity index (χ3n) is 1.93. The molecule has 0 unspecified atom stereocenters. The number of H-pyrrole nitrogens is 1. The fourth-order valence-electron chi connectivity index (χ4n) is 1.19. The summed E-state index contributed by atoms with van der Waals surface area (Å²) in [6.07, 6.45) is 2.76. The van der Waals surface area contributed by atoms with Crippen LogP contribution in [0, 0.1) is 11.3 Å². The quantitative estimate of drug-likeness (QED) is 0.577. The Balaban J connectivity index is 2.58. The number of hydrogen-bond acceptors (Lipinski definition) is 6. The minimum Gasteiger partial charge on any atom is -0.369 e. The standard InChI is InChI=1S/C10H9N7O/c1-17(2)5-13-10-15-8-7(9(18)16-10)14-6(3-11)4-12-8/h4-5H,1-2H3,(H,12,15,16,18)/b13-5+. The topological polar surface area (TPSA) is 111 Å². The Labute approximate surface area is 102 Å². The van der Waals surface area contributed by atoms with E-state index in [0.29, 0.717) is 0 Å². The van der Waals surface area contributed by atoms with Crippen LogP contribution in [-0.2, 0) is 0 Å². The largest absolute Gasteiger partial charge is 0.369 e. The lowest BCUT2D eigenvalue weighted by Gasteiger charge is -2.02. The van der Waals surface area contributed by atoms with E-state index in [-0.39, 0.29) is 22.8 Å². The number of rotatable bonds is 2. The van der Waals surface area contributed by atoms with Gasteiger partial charge in [-0.2, -0.15) is 10.2 Å². The normalized spacial score (nSPS) is 10.7. The highest BCUT2D eigenvalue weighted by Crippen LogP contribution is 2.06. The minimum atomic E-state index is -0.476. The van der Waals surface area contributed by atoms with E-state index in [1.807, 2.05) is 6.07 Å². The summed E-state index contributed by atoms with van der Waals surface area (Å²) in [6.45, 7) is 0. The van der Waals surface area contributed by atoms with E-state index < -0.39 is 5.56 Å². The van der Waals surface area contributed by atoms with Crippen LogP contribution in [0.4, 0.5) is 5.95 Å². The van der Waals surface area contributed by atoms with Gasteiger partial charge in [0.05, 0.1) is 12.5 Å². The Morgan fingerprint density at radius 3 is 2.94 bits per heavy atom. The molecule has 90 valence electrons. The molecular weight excluding hydrogens is 234 g/mol. The fraction of sp³-hybridized carbons (Fsp3) is 0.200. The van der Waals surface area contributed by atoms with Crippen molar-refractivity contribution < 1.29 is 0 Å². The molecule has 8 heteroatoms. The number of aliphatic imine (C=N–C) groups is 1. The van der Waals surface area contributed by atoms with Crippen LogP contribution >= 0.6 is 0 Å². The van der Waals surface area contributed by atoms with Crippen molar-refractivity contribution in [3.8, 4) is 6.07 Å². The van der Waals surface area contributed by atoms with E-state index in [0.717, 1.165) is 0 Å². The van der Waals surface area contributed by atoms with Gasteiger partial charge in [-0.25, -0.2) is 15.0 Å². The summed E-state index contributed by atoms with van der Waals surface area (Å²) in [5.74, 6) is 0.139. The molecule has 18 heavy (non-hydrogen) atoms. The van der Waals surface area contributed by atoms with Crippen molar-refractivity contribution in [3.63, 3.8) is 0 Å². The lowest BCUT2D eigenvalue weighted by Crippen LogP contribution is -2.12. The average Bonchev–Trinajstić information content (AvgIpc) is 2.36. The zero-order chi connectivity index (χ0) is 13.1. The highest BCUT2D eigenvalue weighted by molar-refractivity contribution is 5.70. The summed E-state index contributed by atoms with van der Waals surface area (Å²) in [5.41, 5.74) is -0.226. The molecule has 2 heterocycles. The van der Waals surface area contributed by atoms with Gasteiger partial charge in [-0.1, -0.05) is 0 Å². The molecule has 0 aromatic carbocycles. The second kappa shape index (κ2) is 4.58. The highest BCUT2D eigenvalue weighted by Gasteiger charge is 2.06. The summed E-state index contributed by atoms with van der Waals surface area (Å²) in [6, 6.07) is 1.81. The van der Waals surface area contributed by atoms with Gasteiger partial charge in [0.1, 0.15) is 6.07 Å². The van der Waals surface area contributed by atoms with E-state index in [1.54, 1.807) is 19.0 Å². The summed E-state index contributed by atoms with van der Waals surface area (Å²) in [5, 5.41) is 8.67. The van der Waals surface area contributed by atoms with E-state index in [1.165, 1.54) is 12.5 Å². The van der Waals surface area contributed by atoms with Gasteiger partial charge in [0, 0.05) is 14.1 Å². The monoisotopic (exact) mass is 243 g/mol. The zero-order valence-electron chi connectivity index (χ0n) is 9.75. The van der Waals surface area contributed by atoms with Crippen LogP contribution in [0.5, 0.6) is 0 Å². The third kappa shape index (κ3) is 2.30. The van der Waals surface area contributed by atoms with Crippen molar-refractivity contribution in [2.45, 2.75) is 0 Å². The van der Waals surface area contributed by atoms with Crippen LogP contribution in [0.1, 0.15) is 5.69 Å². The Hall–Kier alpha value is -2.82. The second-order valence-electron chi connectivity index (χ2n) is 3.64. The second-order valence-corrected chi connectivity index (χ2v) is 3.64. The summed E-state index contributed by atoms with van der Waals surface area (Å²) in [7, 11) is 3.59. The van der Waals surface area contributed by atoms with Gasteiger partial charge >= 0.3 is 0 Å². The van der Waals surface area contributed by atoms with Crippen LogP contribution in [0.3, 0.4) is 0 Å². The molecule has 0 amide bonds. The molecule has 0 radical (unpaired) electrons. The smallest absolute Gasteiger partial charge is 0.280 e. The van der Waals surface area contributed by atoms with E-state index in [4.69, 9.17) is 5.26 Å². The molecule has 8 nitrogen and oxygen atoms in total. The lowest BCUT2D eigenvalue weighted by molar-refractivity contribution is 0.642. The van der Waals surface area contributed by atoms with E-state index >= 15 is 0 Å². The van der Waals surface area contributed by atoms with Gasteiger partial charge in [0.2, 0.25) is 5.95 Å². The summed E-state index contributed by atoms with van der Waals surface area (Å²) < 4.78 is 0. The Morgan fingerprint density at radius 2 is 2.28 bits per heavy atom. The molecule has 0 atom stereocenters. The maximum absolute atomic E-state index is 11.7. The van der Waals surface area contributed by atoms with E-state index in [9.17, 15) is 4.79 Å². The number of nitrogens with one attached hydrogen (secondary N) is 1. The molecule has 0 spiro atoms. The maximum atomic E-state index is 11.7. The predicted octanol–water partition coefficient (Wildman–Crippen LogP) is -0.194. The van der Waals surface area contributed by atoms with Crippen molar-refractivity contribution >= 4 is 23.5 Å². The van der Waals surface area contributed by atoms with Crippen molar-refractivity contribution in [1.82, 2.24) is 24.8 Å². The first-order chi connectivity index (χ1) is 8.60. The number of aromatic nitrogens is 4. The first-order valence-corrected chi connectivity index (χ1v) is 4.98. The molecule has 0 saturated heterocycles. The first-order valence-electron chi connectivity index (χ1n) is 4.98. The van der Waals surface area contributed by atoms with Gasteiger partial charge < -0.3 is 4.90 Å². The first kappa shape index (κ1) is 11.7. The molecule has 0 aliphatic rings. The molecule has 0 saturated carbocycles. The summed E-state index contributed by atoms with van der Waals surface area (Å²) >= 11 is 0. The Morgan fingerprint density at radius 1 is 1.50 bits per heavy atom. The third-order valence-corrected chi connectivity index (χ3v) is 1.93. The Bertz CT molecular complexity index is 710. The molecule has 0 aliphatic heterocycles. The van der Waals surface area contributed by atoms with Crippen LogP contribution in [0.2, 0.25) is 0 Å². The SMILES string of the molecule is CN(C)/C=N/c1nc2ncc(C#N)nc2c(=O)[nH]1. The molecule has 0 fully saturated rings. The molecule has 0 aliphatic carbocycles. The highest BCUT2D eigenvalue weighted by atomic mass is 16.1. The number of hydrogen-bond donors (Lipinski definition) is 1. The maximum Gasteiger partial charge on any atom is 0.280 e. The molecule has 2 rings (SSSR count). The van der Waals surface area contributed by atoms with E-state index in [2.05, 4.69) is 24.9 Å². The van der Waals surface area contributed by atoms with Crippen LogP contribution in [-0.4, -0.2) is 45.3 Å². The van der Waals surface area contributed by atoms with Crippen LogP contribution in [0.15, 0.2) is 16.0 Å². The van der Waals surface area contributed by atoms with Gasteiger partial charge in [0.15, 0.2) is 16.9 Å². The minimum absolute atomic E-state index is 0.0258. The van der Waals surface area contributed by atoms with Crippen molar-refractivity contribution in [2.75, 3.05) is 14.1 Å². The summed E-state index contributed by atoms with van der Waals surface area (Å²) in [4.78, 5) is 31.6. The molecule has 0 bridgehead atoms. The molecule has 2 aromatic heterocycles. The number of nitriles is 1. The van der Waals surface area contributed by atoms with Crippen LogP contribution < -0.4 is 5.56 Å². The number of aromatic amines is 1. The van der Waals surface area contributed by atoms with Gasteiger partial charge in [-0.05, 0) is 0 Å². The lowest BCUT2D eigenvalue weighted by atomic mass is 10.4. The number of fused-ring (bicyclic) bond motifs is 1. The van der Waals surface area contributed by atoms with Crippen molar-refractivity contribution in [3.05, 3.63) is 22.2 Å². The number of nitrogens with zero attached hydrogens (tertiary/aromatic N) is 6. The molecule has 2 aromatic rings. The Kier molecular flexibility index (Phi) is 2.97. The predicted molar refractivity (Wildman–Crippen MR) is 64.5 cm³/mol. The fourth-order valence-corrected chi connectivity index (χ4v) is 1.19. The average molecular weight is 243 g/mol. The van der Waals surface area contributed by atoms with Crippen molar-refractivity contribution in [1.29, 1.82) is 5.26 Å². The van der Waals surface area contributed by atoms with Crippen molar-refractivity contribution in [2.24, 2.45) is 4.99 Å². The molecule has 1 N–H and O–H groups in total. The van der Waals surface area contributed by atoms with Crippen LogP contribution in [0.25, 0.3) is 11.2 Å². The van der Waals surface area contributed by atoms with Gasteiger partial charge in [0.25, 0.3) is 5.56 Å². The molecular formula is C10H9N7O. The zero-order valence-corrected chi connectivity index (χ0v) is 9.75. The van der Waals surface area contributed by atoms with Gasteiger partial charge in [-0.3, -0.25) is 9.78 Å². The van der Waals surface area contributed by atoms with Gasteiger partial charge in [-0.15, -0.1) is 0 Å².